The van der Waals surface area contributed by atoms with E-state index in [-0.39, 0.29) is 11.5 Å². The van der Waals surface area contributed by atoms with Crippen LogP contribution in [0.2, 0.25) is 0 Å². The van der Waals surface area contributed by atoms with Gasteiger partial charge in [-0.15, -0.1) is 0 Å². The molecule has 2 N–H and O–H groups in total. The smallest absolute Gasteiger partial charge is 0.125 e. The standard InChI is InChI=1S/C42H42N4O2/c1-5-7-21-45-37-19-13-9-15-29(37)31-23-39(47)33(27(3)41(31)45)25-43-35-17-11-12-18-36(35)44-26-34-28(4)42-32(24-40(34)48)30-16-10-14-20-38(30)46(42)22-8-6-2/h9-20,23-26,47-48H,5-8,21-22H2,1-4H3. The van der Waals surface area contributed by atoms with Gasteiger partial charge in [0, 0.05) is 69.2 Å². The number of hydrogen-bond acceptors (Lipinski definition) is 4. The number of aromatic hydroxyl groups is 2. The molecule has 2 heterocycles. The molecule has 0 saturated carbocycles. The summed E-state index contributed by atoms with van der Waals surface area (Å²) in [5.41, 5.74) is 9.36. The molecule has 48 heavy (non-hydrogen) atoms. The summed E-state index contributed by atoms with van der Waals surface area (Å²) in [5.74, 6) is 0.408. The maximum atomic E-state index is 11.3. The summed E-state index contributed by atoms with van der Waals surface area (Å²) >= 11 is 0. The van der Waals surface area contributed by atoms with E-state index in [1.165, 1.54) is 11.0 Å². The van der Waals surface area contributed by atoms with Crippen LogP contribution in [0.1, 0.15) is 61.8 Å². The highest BCUT2D eigenvalue weighted by Crippen LogP contribution is 2.39. The van der Waals surface area contributed by atoms with Gasteiger partial charge in [-0.3, -0.25) is 9.98 Å². The molecular formula is C42H42N4O2. The Bertz CT molecular complexity index is 2210. The van der Waals surface area contributed by atoms with E-state index in [1.807, 2.05) is 36.4 Å². The Balaban J connectivity index is 1.29. The third-order valence-electron chi connectivity index (χ3n) is 9.67. The van der Waals surface area contributed by atoms with E-state index in [4.69, 9.17) is 9.98 Å². The molecule has 0 atom stereocenters. The zero-order chi connectivity index (χ0) is 33.4. The first-order valence-corrected chi connectivity index (χ1v) is 17.1. The van der Waals surface area contributed by atoms with Crippen molar-refractivity contribution in [2.45, 2.75) is 66.5 Å². The van der Waals surface area contributed by atoms with E-state index < -0.39 is 0 Å². The van der Waals surface area contributed by atoms with Gasteiger partial charge in [-0.1, -0.05) is 75.2 Å². The molecule has 6 heteroatoms. The molecule has 7 rings (SSSR count). The maximum absolute atomic E-state index is 11.3. The molecule has 0 aliphatic carbocycles. The molecular weight excluding hydrogens is 592 g/mol. The first-order valence-electron chi connectivity index (χ1n) is 17.1. The second-order valence-electron chi connectivity index (χ2n) is 12.7. The van der Waals surface area contributed by atoms with Gasteiger partial charge in [-0.05, 0) is 74.2 Å². The molecule has 0 unspecified atom stereocenters. The zero-order valence-electron chi connectivity index (χ0n) is 28.2. The summed E-state index contributed by atoms with van der Waals surface area (Å²) in [6, 6.07) is 28.3. The SMILES string of the molecule is CCCCn1c2ccccc2c2cc(O)c(C=Nc3ccccc3N=Cc3c(O)cc4c5ccccc5n(CCCC)c4c3C)c(C)c21. The lowest BCUT2D eigenvalue weighted by molar-refractivity contribution is 0.474. The lowest BCUT2D eigenvalue weighted by Crippen LogP contribution is -2.00. The number of aliphatic imine (C=N–C) groups is 2. The van der Waals surface area contributed by atoms with Crippen LogP contribution in [0.3, 0.4) is 0 Å². The Kier molecular flexibility index (Phi) is 8.49. The normalized spacial score (nSPS) is 12.2. The van der Waals surface area contributed by atoms with E-state index in [9.17, 15) is 10.2 Å². The van der Waals surface area contributed by atoms with Crippen molar-refractivity contribution in [2.75, 3.05) is 0 Å². The molecule has 0 aliphatic rings. The Morgan fingerprint density at radius 1 is 0.562 bits per heavy atom. The van der Waals surface area contributed by atoms with Crippen LogP contribution in [-0.2, 0) is 13.1 Å². The predicted octanol–water partition coefficient (Wildman–Crippen LogP) is 11.0. The number of phenols is 2. The number of rotatable bonds is 10. The monoisotopic (exact) mass is 634 g/mol. The largest absolute Gasteiger partial charge is 0.507 e. The lowest BCUT2D eigenvalue weighted by Gasteiger charge is -2.12. The highest BCUT2D eigenvalue weighted by atomic mass is 16.3. The minimum absolute atomic E-state index is 0.204. The minimum atomic E-state index is 0.204. The third-order valence-corrected chi connectivity index (χ3v) is 9.67. The van der Waals surface area contributed by atoms with Crippen LogP contribution in [0.25, 0.3) is 43.6 Å². The van der Waals surface area contributed by atoms with E-state index in [2.05, 4.69) is 85.4 Å². The van der Waals surface area contributed by atoms with Crippen LogP contribution in [0, 0.1) is 13.8 Å². The van der Waals surface area contributed by atoms with E-state index >= 15 is 0 Å². The summed E-state index contributed by atoms with van der Waals surface area (Å²) in [6.45, 7) is 10.4. The number of aromatic nitrogens is 2. The fourth-order valence-corrected chi connectivity index (χ4v) is 7.20. The van der Waals surface area contributed by atoms with Crippen LogP contribution in [-0.4, -0.2) is 31.8 Å². The molecule has 0 bridgehead atoms. The Hall–Kier alpha value is -5.36. The second-order valence-corrected chi connectivity index (χ2v) is 12.7. The number of hydrogen-bond donors (Lipinski definition) is 2. The number of nitrogens with zero attached hydrogens (tertiary/aromatic N) is 4. The summed E-state index contributed by atoms with van der Waals surface area (Å²) < 4.78 is 4.76. The van der Waals surface area contributed by atoms with Crippen LogP contribution < -0.4 is 0 Å². The summed E-state index contributed by atoms with van der Waals surface area (Å²) in [5, 5.41) is 26.9. The fraction of sp³-hybridized carbons (Fsp3) is 0.238. The third kappa shape index (κ3) is 5.31. The van der Waals surface area contributed by atoms with Crippen molar-refractivity contribution < 1.29 is 10.2 Å². The van der Waals surface area contributed by atoms with Gasteiger partial charge in [0.25, 0.3) is 0 Å². The summed E-state index contributed by atoms with van der Waals surface area (Å²) in [4.78, 5) is 9.72. The van der Waals surface area contributed by atoms with Gasteiger partial charge in [0.05, 0.1) is 22.4 Å². The number of benzene rings is 5. The highest BCUT2D eigenvalue weighted by molar-refractivity contribution is 6.13. The van der Waals surface area contributed by atoms with Crippen molar-refractivity contribution in [2.24, 2.45) is 9.98 Å². The summed E-state index contributed by atoms with van der Waals surface area (Å²) in [6.07, 6.45) is 7.86. The molecule has 242 valence electrons. The number of phenolic OH excluding ortho intramolecular Hbond substituents is 2. The van der Waals surface area contributed by atoms with Gasteiger partial charge in [-0.25, -0.2) is 0 Å². The fourth-order valence-electron chi connectivity index (χ4n) is 7.20. The quantitative estimate of drug-likeness (QED) is 0.147. The minimum Gasteiger partial charge on any atom is -0.507 e. The van der Waals surface area contributed by atoms with E-state index in [0.717, 1.165) is 82.5 Å². The van der Waals surface area contributed by atoms with Gasteiger partial charge in [-0.2, -0.15) is 0 Å². The molecule has 0 fully saturated rings. The second kappa shape index (κ2) is 13.0. The van der Waals surface area contributed by atoms with Crippen LogP contribution >= 0.6 is 0 Å². The van der Waals surface area contributed by atoms with E-state index in [0.29, 0.717) is 22.5 Å². The van der Waals surface area contributed by atoms with E-state index in [1.54, 1.807) is 12.4 Å². The van der Waals surface area contributed by atoms with Gasteiger partial charge in [0.15, 0.2) is 0 Å². The van der Waals surface area contributed by atoms with Crippen molar-refractivity contribution in [3.63, 3.8) is 0 Å². The van der Waals surface area contributed by atoms with Crippen molar-refractivity contribution in [3.05, 3.63) is 107 Å². The predicted molar refractivity (Wildman–Crippen MR) is 202 cm³/mol. The maximum Gasteiger partial charge on any atom is 0.125 e. The molecule has 0 spiro atoms. The van der Waals surface area contributed by atoms with Gasteiger partial charge >= 0.3 is 0 Å². The lowest BCUT2D eigenvalue weighted by atomic mass is 10.0. The van der Waals surface area contributed by atoms with Crippen molar-refractivity contribution in [3.8, 4) is 11.5 Å². The first-order chi connectivity index (χ1) is 23.4. The Labute approximate surface area is 281 Å². The van der Waals surface area contributed by atoms with Crippen molar-refractivity contribution >= 4 is 67.4 Å². The van der Waals surface area contributed by atoms with Crippen LogP contribution in [0.5, 0.6) is 11.5 Å². The van der Waals surface area contributed by atoms with Gasteiger partial charge in [0.1, 0.15) is 11.5 Å². The van der Waals surface area contributed by atoms with Crippen LogP contribution in [0.15, 0.2) is 94.9 Å². The molecule has 7 aromatic rings. The number of fused-ring (bicyclic) bond motifs is 6. The number of aryl methyl sites for hydroxylation is 4. The molecule has 0 aliphatic heterocycles. The number of para-hydroxylation sites is 4. The van der Waals surface area contributed by atoms with Gasteiger partial charge in [0.2, 0.25) is 0 Å². The van der Waals surface area contributed by atoms with Gasteiger partial charge < -0.3 is 19.3 Å². The zero-order valence-corrected chi connectivity index (χ0v) is 28.2. The highest BCUT2D eigenvalue weighted by Gasteiger charge is 2.19. The Morgan fingerprint density at radius 2 is 0.958 bits per heavy atom. The molecule has 6 nitrogen and oxygen atoms in total. The van der Waals surface area contributed by atoms with Crippen molar-refractivity contribution in [1.82, 2.24) is 9.13 Å². The first kappa shape index (κ1) is 31.3. The molecule has 5 aromatic carbocycles. The average Bonchev–Trinajstić information content (AvgIpc) is 3.58. The van der Waals surface area contributed by atoms with Crippen molar-refractivity contribution in [1.29, 1.82) is 0 Å². The average molecular weight is 635 g/mol. The molecule has 0 amide bonds. The molecule has 0 saturated heterocycles. The molecule has 0 radical (unpaired) electrons. The summed E-state index contributed by atoms with van der Waals surface area (Å²) in [7, 11) is 0. The number of unbranched alkanes of at least 4 members (excludes halogenated alkanes) is 2. The topological polar surface area (TPSA) is 75.0 Å². The Morgan fingerprint density at radius 3 is 1.38 bits per heavy atom. The van der Waals surface area contributed by atoms with Crippen LogP contribution in [0.4, 0.5) is 11.4 Å². The molecule has 2 aromatic heterocycles.